The van der Waals surface area contributed by atoms with Crippen LogP contribution in [0.5, 0.6) is 17.2 Å². The molecule has 0 bridgehead atoms. The summed E-state index contributed by atoms with van der Waals surface area (Å²) in [6.07, 6.45) is 1.62. The fraction of sp³-hybridized carbons (Fsp3) is 0.611. The zero-order valence-corrected chi connectivity index (χ0v) is 15.3. The highest BCUT2D eigenvalue weighted by atomic mass is 16.5. The van der Waals surface area contributed by atoms with Crippen molar-refractivity contribution in [1.29, 1.82) is 0 Å². The van der Waals surface area contributed by atoms with Gasteiger partial charge in [0.1, 0.15) is 0 Å². The normalized spacial score (nSPS) is 19.5. The van der Waals surface area contributed by atoms with Crippen LogP contribution in [0.1, 0.15) is 37.0 Å². The summed E-state index contributed by atoms with van der Waals surface area (Å²) in [6.45, 7) is 4.75. The first-order chi connectivity index (χ1) is 11.3. The number of ether oxygens (including phenoxy) is 4. The molecule has 24 heavy (non-hydrogen) atoms. The second-order valence-corrected chi connectivity index (χ2v) is 6.55. The molecular weight excluding hydrogens is 310 g/mol. The molecule has 0 unspecified atom stereocenters. The molecule has 1 fully saturated rings. The average molecular weight is 337 g/mol. The Balaban J connectivity index is 2.32. The fourth-order valence-corrected chi connectivity index (χ4v) is 3.16. The number of hydrogen-bond donors (Lipinski definition) is 0. The van der Waals surface area contributed by atoms with Crippen molar-refractivity contribution in [2.24, 2.45) is 0 Å². The van der Waals surface area contributed by atoms with Crippen LogP contribution in [0.25, 0.3) is 0 Å². The van der Waals surface area contributed by atoms with E-state index in [0.29, 0.717) is 29.4 Å². The Bertz CT molecular complexity index is 599. The molecule has 0 radical (unpaired) electrons. The number of carbonyl (C=O) groups excluding carboxylic acids is 1. The summed E-state index contributed by atoms with van der Waals surface area (Å²) in [7, 11) is 6.42. The molecule has 1 saturated heterocycles. The van der Waals surface area contributed by atoms with Crippen molar-refractivity contribution in [1.82, 2.24) is 4.90 Å². The maximum atomic E-state index is 13.0. The average Bonchev–Trinajstić information content (AvgIpc) is 2.57. The summed E-state index contributed by atoms with van der Waals surface area (Å²) in [5, 5.41) is 0. The van der Waals surface area contributed by atoms with Gasteiger partial charge in [-0.2, -0.15) is 0 Å². The first kappa shape index (κ1) is 18.4. The lowest BCUT2D eigenvalue weighted by atomic mass is 9.92. The van der Waals surface area contributed by atoms with Gasteiger partial charge in [-0.05, 0) is 38.8 Å². The van der Waals surface area contributed by atoms with Crippen molar-refractivity contribution in [3.8, 4) is 17.2 Å². The molecule has 1 aromatic carbocycles. The molecule has 1 amide bonds. The summed E-state index contributed by atoms with van der Waals surface area (Å²) in [5.74, 6) is 1.24. The second kappa shape index (κ2) is 7.30. The predicted molar refractivity (Wildman–Crippen MR) is 91.2 cm³/mol. The van der Waals surface area contributed by atoms with Gasteiger partial charge in [-0.25, -0.2) is 0 Å². The van der Waals surface area contributed by atoms with Crippen LogP contribution in [0.3, 0.4) is 0 Å². The van der Waals surface area contributed by atoms with Crippen molar-refractivity contribution in [2.75, 3.05) is 35.0 Å². The Morgan fingerprint density at radius 3 is 2.38 bits per heavy atom. The third-order valence-corrected chi connectivity index (χ3v) is 4.47. The smallest absolute Gasteiger partial charge is 0.257 e. The third kappa shape index (κ3) is 3.59. The van der Waals surface area contributed by atoms with Gasteiger partial charge in [-0.1, -0.05) is 0 Å². The van der Waals surface area contributed by atoms with Gasteiger partial charge in [-0.3, -0.25) is 4.79 Å². The van der Waals surface area contributed by atoms with E-state index < -0.39 is 0 Å². The number of benzene rings is 1. The van der Waals surface area contributed by atoms with Crippen molar-refractivity contribution < 1.29 is 23.7 Å². The van der Waals surface area contributed by atoms with E-state index in [2.05, 4.69) is 13.8 Å². The molecule has 1 aromatic rings. The van der Waals surface area contributed by atoms with Gasteiger partial charge >= 0.3 is 0 Å². The van der Waals surface area contributed by atoms with E-state index >= 15 is 0 Å². The van der Waals surface area contributed by atoms with E-state index in [1.165, 1.54) is 14.2 Å². The molecule has 1 aliphatic heterocycles. The topological polar surface area (TPSA) is 57.2 Å². The second-order valence-electron chi connectivity index (χ2n) is 6.55. The Kier molecular flexibility index (Phi) is 5.59. The fourth-order valence-electron chi connectivity index (χ4n) is 3.16. The molecule has 0 aliphatic carbocycles. The minimum absolute atomic E-state index is 0.101. The molecular formula is C18H27NO5. The standard InChI is InChI=1S/C18H27NO5/c1-18(2)11-12(9-10-24-18)19(3)17(20)13-7-8-14(21-4)16(23-6)15(13)22-5/h7-8,12H,9-11H2,1-6H3/t12-/m1/s1. The molecule has 1 heterocycles. The van der Waals surface area contributed by atoms with E-state index in [9.17, 15) is 4.79 Å². The van der Waals surface area contributed by atoms with Crippen molar-refractivity contribution in [3.05, 3.63) is 17.7 Å². The quantitative estimate of drug-likeness (QED) is 0.827. The maximum absolute atomic E-state index is 13.0. The Morgan fingerprint density at radius 2 is 1.83 bits per heavy atom. The molecule has 6 heteroatoms. The number of amides is 1. The van der Waals surface area contributed by atoms with Gasteiger partial charge in [0.2, 0.25) is 5.75 Å². The first-order valence-corrected chi connectivity index (χ1v) is 8.04. The van der Waals surface area contributed by atoms with Crippen LogP contribution >= 0.6 is 0 Å². The van der Waals surface area contributed by atoms with Gasteiger partial charge < -0.3 is 23.8 Å². The van der Waals surface area contributed by atoms with E-state index in [1.807, 2.05) is 7.05 Å². The molecule has 0 N–H and O–H groups in total. The minimum atomic E-state index is -0.223. The van der Waals surface area contributed by atoms with E-state index in [0.717, 1.165) is 12.8 Å². The maximum Gasteiger partial charge on any atom is 0.257 e. The zero-order valence-electron chi connectivity index (χ0n) is 15.3. The van der Waals surface area contributed by atoms with E-state index in [4.69, 9.17) is 18.9 Å². The Morgan fingerprint density at radius 1 is 1.17 bits per heavy atom. The van der Waals surface area contributed by atoms with Crippen LogP contribution in [0.4, 0.5) is 0 Å². The van der Waals surface area contributed by atoms with Gasteiger partial charge in [0, 0.05) is 19.7 Å². The number of rotatable bonds is 5. The van der Waals surface area contributed by atoms with Gasteiger partial charge in [0.05, 0.1) is 32.5 Å². The van der Waals surface area contributed by atoms with Crippen molar-refractivity contribution in [3.63, 3.8) is 0 Å². The van der Waals surface area contributed by atoms with Crippen LogP contribution in [-0.4, -0.2) is 57.4 Å². The summed E-state index contributed by atoms with van der Waals surface area (Å²) >= 11 is 0. The highest BCUT2D eigenvalue weighted by Crippen LogP contribution is 2.40. The van der Waals surface area contributed by atoms with Crippen LogP contribution in [-0.2, 0) is 4.74 Å². The van der Waals surface area contributed by atoms with Crippen molar-refractivity contribution in [2.45, 2.75) is 38.3 Å². The third-order valence-electron chi connectivity index (χ3n) is 4.47. The SMILES string of the molecule is COc1ccc(C(=O)N(C)[C@@H]2CCOC(C)(C)C2)c(OC)c1OC. The molecule has 6 nitrogen and oxygen atoms in total. The first-order valence-electron chi connectivity index (χ1n) is 8.04. The monoisotopic (exact) mass is 337 g/mol. The molecule has 2 rings (SSSR count). The highest BCUT2D eigenvalue weighted by Gasteiger charge is 2.34. The molecule has 0 spiro atoms. The lowest BCUT2D eigenvalue weighted by Crippen LogP contribution is -2.46. The minimum Gasteiger partial charge on any atom is -0.493 e. The Labute approximate surface area is 143 Å². The number of carbonyl (C=O) groups is 1. The summed E-state index contributed by atoms with van der Waals surface area (Å²) in [4.78, 5) is 14.8. The lowest BCUT2D eigenvalue weighted by Gasteiger charge is -2.39. The van der Waals surface area contributed by atoms with Gasteiger partial charge in [0.25, 0.3) is 5.91 Å². The Hall–Kier alpha value is -1.95. The largest absolute Gasteiger partial charge is 0.493 e. The predicted octanol–water partition coefficient (Wildman–Crippen LogP) is 2.74. The summed E-state index contributed by atoms with van der Waals surface area (Å²) in [6, 6.07) is 3.55. The zero-order chi connectivity index (χ0) is 17.9. The molecule has 1 aliphatic rings. The summed E-state index contributed by atoms with van der Waals surface area (Å²) < 4.78 is 21.8. The van der Waals surface area contributed by atoms with Gasteiger partial charge in [-0.15, -0.1) is 0 Å². The lowest BCUT2D eigenvalue weighted by molar-refractivity contribution is -0.0756. The molecule has 134 valence electrons. The van der Waals surface area contributed by atoms with Crippen LogP contribution < -0.4 is 14.2 Å². The molecule has 0 aromatic heterocycles. The van der Waals surface area contributed by atoms with Crippen molar-refractivity contribution >= 4 is 5.91 Å². The van der Waals surface area contributed by atoms with Gasteiger partial charge in [0.15, 0.2) is 11.5 Å². The molecule has 1 atom stereocenters. The van der Waals surface area contributed by atoms with Crippen LogP contribution in [0.15, 0.2) is 12.1 Å². The number of hydrogen-bond acceptors (Lipinski definition) is 5. The number of nitrogens with zero attached hydrogens (tertiary/aromatic N) is 1. The number of methoxy groups -OCH3 is 3. The molecule has 0 saturated carbocycles. The van der Waals surface area contributed by atoms with E-state index in [-0.39, 0.29) is 17.6 Å². The van der Waals surface area contributed by atoms with Crippen LogP contribution in [0, 0.1) is 0 Å². The van der Waals surface area contributed by atoms with E-state index in [1.54, 1.807) is 24.1 Å². The van der Waals surface area contributed by atoms with Crippen LogP contribution in [0.2, 0.25) is 0 Å². The summed E-state index contributed by atoms with van der Waals surface area (Å²) in [5.41, 5.74) is 0.237. The highest BCUT2D eigenvalue weighted by molar-refractivity contribution is 5.98.